The van der Waals surface area contributed by atoms with E-state index < -0.39 is 0 Å². The standard InChI is InChI=1S/C20H24N6O2S2/c1-13-5-7-15(8-6-13)26-17(10-14(2)25-26)22-18(27)12-29-20-24-23-19(30-20)21-11-16-4-3-9-28-16/h5-8,10,16H,3-4,9,11-12H2,1-2H3,(H,21,23)(H,22,27). The van der Waals surface area contributed by atoms with Gasteiger partial charge in [-0.15, -0.1) is 10.2 Å². The average molecular weight is 445 g/mol. The zero-order valence-corrected chi connectivity index (χ0v) is 18.6. The molecule has 158 valence electrons. The van der Waals surface area contributed by atoms with Crippen LogP contribution in [0.1, 0.15) is 24.1 Å². The Morgan fingerprint density at radius 2 is 2.13 bits per heavy atom. The van der Waals surface area contributed by atoms with E-state index in [2.05, 4.69) is 25.9 Å². The summed E-state index contributed by atoms with van der Waals surface area (Å²) >= 11 is 2.82. The summed E-state index contributed by atoms with van der Waals surface area (Å²) in [4.78, 5) is 12.5. The Hall–Kier alpha value is -2.43. The monoisotopic (exact) mass is 444 g/mol. The predicted molar refractivity (Wildman–Crippen MR) is 120 cm³/mol. The topological polar surface area (TPSA) is 94.0 Å². The maximum absolute atomic E-state index is 12.5. The van der Waals surface area contributed by atoms with Gasteiger partial charge in [-0.05, 0) is 38.8 Å². The van der Waals surface area contributed by atoms with Gasteiger partial charge in [-0.1, -0.05) is 40.8 Å². The van der Waals surface area contributed by atoms with Crippen LogP contribution >= 0.6 is 23.1 Å². The molecule has 0 radical (unpaired) electrons. The Kier molecular flexibility index (Phi) is 6.66. The van der Waals surface area contributed by atoms with Crippen molar-refractivity contribution < 1.29 is 9.53 Å². The summed E-state index contributed by atoms with van der Waals surface area (Å²) in [5.41, 5.74) is 2.92. The molecule has 0 saturated carbocycles. The lowest BCUT2D eigenvalue weighted by Crippen LogP contribution is -2.18. The summed E-state index contributed by atoms with van der Waals surface area (Å²) in [6.45, 7) is 5.51. The zero-order valence-electron chi connectivity index (χ0n) is 16.9. The van der Waals surface area contributed by atoms with Crippen LogP contribution in [-0.2, 0) is 9.53 Å². The number of ether oxygens (including phenoxy) is 1. The van der Waals surface area contributed by atoms with Gasteiger partial charge in [-0.3, -0.25) is 4.79 Å². The van der Waals surface area contributed by atoms with Crippen LogP contribution in [0.5, 0.6) is 0 Å². The van der Waals surface area contributed by atoms with Crippen LogP contribution in [0.15, 0.2) is 34.7 Å². The maximum Gasteiger partial charge on any atom is 0.235 e. The third-order valence-electron chi connectivity index (χ3n) is 4.62. The van der Waals surface area contributed by atoms with Gasteiger partial charge < -0.3 is 15.4 Å². The molecule has 1 fully saturated rings. The highest BCUT2D eigenvalue weighted by Gasteiger charge is 2.16. The van der Waals surface area contributed by atoms with Crippen molar-refractivity contribution in [1.82, 2.24) is 20.0 Å². The highest BCUT2D eigenvalue weighted by atomic mass is 32.2. The van der Waals surface area contributed by atoms with E-state index in [0.717, 1.165) is 46.8 Å². The lowest BCUT2D eigenvalue weighted by molar-refractivity contribution is -0.113. The van der Waals surface area contributed by atoms with E-state index in [1.807, 2.05) is 44.2 Å². The highest BCUT2D eigenvalue weighted by molar-refractivity contribution is 8.01. The lowest BCUT2D eigenvalue weighted by atomic mass is 10.2. The Morgan fingerprint density at radius 3 is 2.90 bits per heavy atom. The van der Waals surface area contributed by atoms with E-state index in [9.17, 15) is 4.79 Å². The molecule has 2 N–H and O–H groups in total. The maximum atomic E-state index is 12.5. The van der Waals surface area contributed by atoms with Gasteiger partial charge in [0.25, 0.3) is 0 Å². The van der Waals surface area contributed by atoms with Crippen LogP contribution in [0.3, 0.4) is 0 Å². The van der Waals surface area contributed by atoms with E-state index in [1.165, 1.54) is 28.7 Å². The van der Waals surface area contributed by atoms with Gasteiger partial charge in [-0.2, -0.15) is 5.10 Å². The number of aromatic nitrogens is 4. The van der Waals surface area contributed by atoms with Crippen LogP contribution in [0, 0.1) is 13.8 Å². The smallest absolute Gasteiger partial charge is 0.235 e. The van der Waals surface area contributed by atoms with Crippen LogP contribution in [-0.4, -0.2) is 50.9 Å². The first-order valence-electron chi connectivity index (χ1n) is 9.82. The number of thioether (sulfide) groups is 1. The first-order chi connectivity index (χ1) is 14.6. The van der Waals surface area contributed by atoms with Crippen molar-refractivity contribution in [3.05, 3.63) is 41.6 Å². The van der Waals surface area contributed by atoms with E-state index in [0.29, 0.717) is 5.82 Å². The third-order valence-corrected chi connectivity index (χ3v) is 6.63. The minimum Gasteiger partial charge on any atom is -0.376 e. The SMILES string of the molecule is Cc1ccc(-n2nc(C)cc2NC(=O)CSc2nnc(NCC3CCCO3)s2)cc1. The van der Waals surface area contributed by atoms with Crippen molar-refractivity contribution in [2.45, 2.75) is 37.1 Å². The molecular weight excluding hydrogens is 420 g/mol. The van der Waals surface area contributed by atoms with E-state index in [-0.39, 0.29) is 17.8 Å². The van der Waals surface area contributed by atoms with Crippen molar-refractivity contribution in [1.29, 1.82) is 0 Å². The third kappa shape index (κ3) is 5.38. The molecule has 1 aliphatic rings. The van der Waals surface area contributed by atoms with Crippen molar-refractivity contribution in [2.24, 2.45) is 0 Å². The second kappa shape index (κ2) is 9.59. The summed E-state index contributed by atoms with van der Waals surface area (Å²) in [5, 5.41) is 19.7. The highest BCUT2D eigenvalue weighted by Crippen LogP contribution is 2.26. The molecule has 10 heteroatoms. The first kappa shape index (κ1) is 20.8. The molecule has 0 aliphatic carbocycles. The molecule has 1 aliphatic heterocycles. The molecule has 3 heterocycles. The fourth-order valence-corrected chi connectivity index (χ4v) is 4.68. The van der Waals surface area contributed by atoms with E-state index >= 15 is 0 Å². The molecule has 1 atom stereocenters. The zero-order chi connectivity index (χ0) is 20.9. The molecule has 1 unspecified atom stereocenters. The number of hydrogen-bond donors (Lipinski definition) is 2. The first-order valence-corrected chi connectivity index (χ1v) is 11.6. The van der Waals surface area contributed by atoms with Gasteiger partial charge in [0.15, 0.2) is 4.34 Å². The molecule has 3 aromatic rings. The Morgan fingerprint density at radius 1 is 1.30 bits per heavy atom. The van der Waals surface area contributed by atoms with E-state index in [4.69, 9.17) is 4.74 Å². The van der Waals surface area contributed by atoms with Gasteiger partial charge in [0.05, 0.1) is 23.2 Å². The quantitative estimate of drug-likeness (QED) is 0.512. The molecule has 0 spiro atoms. The number of nitrogens with zero attached hydrogens (tertiary/aromatic N) is 4. The van der Waals surface area contributed by atoms with Crippen LogP contribution in [0.4, 0.5) is 10.9 Å². The summed E-state index contributed by atoms with van der Waals surface area (Å²) in [7, 11) is 0. The number of amides is 1. The number of carbonyl (C=O) groups excluding carboxylic acids is 1. The predicted octanol–water partition coefficient (Wildman–Crippen LogP) is 3.66. The van der Waals surface area contributed by atoms with Crippen LogP contribution in [0.2, 0.25) is 0 Å². The molecular formula is C20H24N6O2S2. The molecule has 4 rings (SSSR count). The van der Waals surface area contributed by atoms with Crippen molar-refractivity contribution in [3.63, 3.8) is 0 Å². The van der Waals surface area contributed by atoms with Crippen LogP contribution in [0.25, 0.3) is 5.69 Å². The molecule has 30 heavy (non-hydrogen) atoms. The fraction of sp³-hybridized carbons (Fsp3) is 0.400. The number of rotatable bonds is 8. The van der Waals surface area contributed by atoms with Gasteiger partial charge in [-0.25, -0.2) is 4.68 Å². The minimum atomic E-state index is -0.114. The van der Waals surface area contributed by atoms with Crippen molar-refractivity contribution >= 4 is 40.0 Å². The van der Waals surface area contributed by atoms with Crippen LogP contribution < -0.4 is 10.6 Å². The summed E-state index contributed by atoms with van der Waals surface area (Å²) in [6.07, 6.45) is 2.44. The largest absolute Gasteiger partial charge is 0.376 e. The lowest BCUT2D eigenvalue weighted by Gasteiger charge is -2.09. The minimum absolute atomic E-state index is 0.114. The van der Waals surface area contributed by atoms with Gasteiger partial charge in [0.2, 0.25) is 11.0 Å². The second-order valence-electron chi connectivity index (χ2n) is 7.14. The fourth-order valence-electron chi connectivity index (χ4n) is 3.12. The van der Waals surface area contributed by atoms with Gasteiger partial charge >= 0.3 is 0 Å². The average Bonchev–Trinajstić information content (AvgIpc) is 3.47. The summed E-state index contributed by atoms with van der Waals surface area (Å²) in [6, 6.07) is 9.87. The number of benzene rings is 1. The summed E-state index contributed by atoms with van der Waals surface area (Å²) in [5.74, 6) is 0.786. The number of nitrogens with one attached hydrogen (secondary N) is 2. The molecule has 1 aromatic carbocycles. The Bertz CT molecular complexity index is 995. The van der Waals surface area contributed by atoms with Crippen molar-refractivity contribution in [3.8, 4) is 5.69 Å². The van der Waals surface area contributed by atoms with Crippen molar-refractivity contribution in [2.75, 3.05) is 29.5 Å². The summed E-state index contributed by atoms with van der Waals surface area (Å²) < 4.78 is 8.09. The van der Waals surface area contributed by atoms with E-state index in [1.54, 1.807) is 4.68 Å². The number of hydrogen-bond acceptors (Lipinski definition) is 8. The Labute approximate surface area is 183 Å². The molecule has 8 nitrogen and oxygen atoms in total. The molecule has 1 amide bonds. The molecule has 2 aromatic heterocycles. The number of aryl methyl sites for hydroxylation is 2. The number of anilines is 2. The molecule has 1 saturated heterocycles. The van der Waals surface area contributed by atoms with Gasteiger partial charge in [0, 0.05) is 19.2 Å². The second-order valence-corrected chi connectivity index (χ2v) is 9.34. The van der Waals surface area contributed by atoms with Gasteiger partial charge in [0.1, 0.15) is 5.82 Å². The Balaban J connectivity index is 1.31. The normalized spacial score (nSPS) is 16.0. The molecule has 0 bridgehead atoms. The number of carbonyl (C=O) groups is 1.